The Morgan fingerprint density at radius 2 is 1.88 bits per heavy atom. The van der Waals surface area contributed by atoms with E-state index in [1.165, 1.54) is 6.42 Å². The molecule has 1 saturated carbocycles. The van der Waals surface area contributed by atoms with Crippen molar-refractivity contribution in [3.63, 3.8) is 0 Å². The first-order valence-corrected chi connectivity index (χ1v) is 7.34. The highest BCUT2D eigenvalue weighted by molar-refractivity contribution is 7.67. The molecule has 0 aromatic heterocycles. The Morgan fingerprint density at radius 3 is 2.53 bits per heavy atom. The van der Waals surface area contributed by atoms with Crippen molar-refractivity contribution in [1.29, 1.82) is 0 Å². The highest BCUT2D eigenvalue weighted by Crippen LogP contribution is 2.23. The quantitative estimate of drug-likeness (QED) is 0.531. The predicted molar refractivity (Wildman–Crippen MR) is 65.1 cm³/mol. The van der Waals surface area contributed by atoms with Gasteiger partial charge in [0.2, 0.25) is 5.91 Å². The number of carbonyl (C=O) groups excluding carboxylic acids is 1. The average molecular weight is 263 g/mol. The Labute approximate surface area is 104 Å². The van der Waals surface area contributed by atoms with Crippen LogP contribution in [0.15, 0.2) is 0 Å². The van der Waals surface area contributed by atoms with Gasteiger partial charge in [-0.05, 0) is 25.7 Å². The van der Waals surface area contributed by atoms with Gasteiger partial charge in [-0.1, -0.05) is 19.3 Å². The summed E-state index contributed by atoms with van der Waals surface area (Å²) in [5.41, 5.74) is 0. The van der Waals surface area contributed by atoms with Crippen molar-refractivity contribution in [1.82, 2.24) is 5.32 Å². The molecule has 1 rings (SSSR count). The van der Waals surface area contributed by atoms with E-state index in [0.29, 0.717) is 13.0 Å². The van der Waals surface area contributed by atoms with Crippen LogP contribution in [0.3, 0.4) is 0 Å². The Balaban J connectivity index is 1.99. The first-order valence-electron chi connectivity index (χ1n) is 6.25. The molecule has 0 bridgehead atoms. The molecule has 1 aliphatic carbocycles. The fourth-order valence-electron chi connectivity index (χ4n) is 2.09. The monoisotopic (exact) mass is 263 g/mol. The van der Waals surface area contributed by atoms with Crippen molar-refractivity contribution < 1.29 is 17.4 Å². The minimum absolute atomic E-state index is 0.153. The fraction of sp³-hybridized carbons (Fsp3) is 0.909. The molecule has 1 aliphatic rings. The standard InChI is InChI=1S/C11H21NO4S/c13-11(10-6-2-1-3-7-10)12-8-4-5-9-16-17(14)15/h10,17H,1-9H2,(H,12,13). The van der Waals surface area contributed by atoms with Crippen molar-refractivity contribution in [3.05, 3.63) is 0 Å². The number of nitrogens with one attached hydrogen (secondary N) is 1. The highest BCUT2D eigenvalue weighted by Gasteiger charge is 2.20. The average Bonchev–Trinajstić information content (AvgIpc) is 2.34. The van der Waals surface area contributed by atoms with E-state index < -0.39 is 11.0 Å². The van der Waals surface area contributed by atoms with Gasteiger partial charge in [0.05, 0.1) is 6.61 Å². The largest absolute Gasteiger partial charge is 0.356 e. The van der Waals surface area contributed by atoms with Gasteiger partial charge in [0.1, 0.15) is 0 Å². The van der Waals surface area contributed by atoms with Gasteiger partial charge >= 0.3 is 0 Å². The van der Waals surface area contributed by atoms with Crippen LogP contribution in [0.4, 0.5) is 0 Å². The maximum absolute atomic E-state index is 11.7. The van der Waals surface area contributed by atoms with Gasteiger partial charge < -0.3 is 5.32 Å². The summed E-state index contributed by atoms with van der Waals surface area (Å²) in [7, 11) is -2.73. The summed E-state index contributed by atoms with van der Waals surface area (Å²) in [5, 5.41) is 2.90. The van der Waals surface area contributed by atoms with Crippen molar-refractivity contribution >= 4 is 16.9 Å². The second kappa shape index (κ2) is 8.47. The molecule has 0 aromatic carbocycles. The summed E-state index contributed by atoms with van der Waals surface area (Å²) in [6, 6.07) is 0. The molecule has 1 amide bonds. The van der Waals surface area contributed by atoms with Crippen LogP contribution in [0.25, 0.3) is 0 Å². The van der Waals surface area contributed by atoms with E-state index >= 15 is 0 Å². The van der Waals surface area contributed by atoms with E-state index in [0.717, 1.165) is 32.1 Å². The first-order chi connectivity index (χ1) is 8.20. The van der Waals surface area contributed by atoms with Gasteiger partial charge in [-0.3, -0.25) is 8.98 Å². The third-order valence-corrected chi connectivity index (χ3v) is 3.44. The molecule has 1 fully saturated rings. The minimum atomic E-state index is -2.73. The summed E-state index contributed by atoms with van der Waals surface area (Å²) >= 11 is 0. The van der Waals surface area contributed by atoms with Gasteiger partial charge in [0.15, 0.2) is 0 Å². The molecule has 0 atom stereocenters. The van der Waals surface area contributed by atoms with E-state index in [2.05, 4.69) is 9.50 Å². The third-order valence-electron chi connectivity index (χ3n) is 3.04. The smallest absolute Gasteiger partial charge is 0.257 e. The van der Waals surface area contributed by atoms with Crippen molar-refractivity contribution in [2.75, 3.05) is 13.2 Å². The van der Waals surface area contributed by atoms with Gasteiger partial charge in [0.25, 0.3) is 11.0 Å². The Hall–Kier alpha value is -0.620. The molecule has 0 saturated heterocycles. The summed E-state index contributed by atoms with van der Waals surface area (Å²) < 4.78 is 24.6. The number of carbonyl (C=O) groups is 1. The second-order valence-corrected chi connectivity index (χ2v) is 5.10. The molecule has 0 aromatic rings. The van der Waals surface area contributed by atoms with Crippen LogP contribution in [0.1, 0.15) is 44.9 Å². The maximum atomic E-state index is 11.7. The lowest BCUT2D eigenvalue weighted by Gasteiger charge is -2.20. The number of hydrogen-bond acceptors (Lipinski definition) is 4. The lowest BCUT2D eigenvalue weighted by atomic mass is 9.89. The zero-order chi connectivity index (χ0) is 12.5. The zero-order valence-corrected chi connectivity index (χ0v) is 10.9. The number of thiol groups is 1. The van der Waals surface area contributed by atoms with Crippen LogP contribution in [0, 0.1) is 5.92 Å². The molecule has 0 heterocycles. The molecule has 0 unspecified atom stereocenters. The van der Waals surface area contributed by atoms with Crippen LogP contribution in [0.5, 0.6) is 0 Å². The van der Waals surface area contributed by atoms with Crippen molar-refractivity contribution in [2.24, 2.45) is 5.92 Å². The highest BCUT2D eigenvalue weighted by atomic mass is 32.2. The maximum Gasteiger partial charge on any atom is 0.257 e. The Bertz CT molecular complexity index is 290. The third kappa shape index (κ3) is 6.63. The molecule has 1 N–H and O–H groups in total. The van der Waals surface area contributed by atoms with Gasteiger partial charge in [0, 0.05) is 12.5 Å². The second-order valence-electron chi connectivity index (χ2n) is 4.39. The Kier molecular flexibility index (Phi) is 7.19. The molecule has 100 valence electrons. The molecule has 0 spiro atoms. The molecule has 0 radical (unpaired) electrons. The number of amides is 1. The predicted octanol–water partition coefficient (Wildman–Crippen LogP) is 1.01. The van der Waals surface area contributed by atoms with Crippen LogP contribution in [-0.4, -0.2) is 27.5 Å². The van der Waals surface area contributed by atoms with E-state index in [1.807, 2.05) is 0 Å². The van der Waals surface area contributed by atoms with E-state index in [4.69, 9.17) is 0 Å². The normalized spacial score (nSPS) is 17.2. The fourth-order valence-corrected chi connectivity index (χ4v) is 2.37. The van der Waals surface area contributed by atoms with Gasteiger partial charge in [-0.15, -0.1) is 0 Å². The molecule has 17 heavy (non-hydrogen) atoms. The molecular formula is C11H21NO4S. The minimum Gasteiger partial charge on any atom is -0.356 e. The van der Waals surface area contributed by atoms with Crippen LogP contribution in [0.2, 0.25) is 0 Å². The van der Waals surface area contributed by atoms with Crippen LogP contribution < -0.4 is 5.32 Å². The summed E-state index contributed by atoms with van der Waals surface area (Å²) in [6.45, 7) is 0.812. The van der Waals surface area contributed by atoms with Gasteiger partial charge in [-0.25, -0.2) is 8.42 Å². The number of rotatable bonds is 7. The Morgan fingerprint density at radius 1 is 1.18 bits per heavy atom. The summed E-state index contributed by atoms with van der Waals surface area (Å²) in [5.74, 6) is 0.344. The topological polar surface area (TPSA) is 72.5 Å². The number of hydrogen-bond donors (Lipinski definition) is 2. The first kappa shape index (κ1) is 14.4. The molecule has 5 nitrogen and oxygen atoms in total. The van der Waals surface area contributed by atoms with Crippen molar-refractivity contribution in [3.8, 4) is 0 Å². The molecule has 6 heteroatoms. The lowest BCUT2D eigenvalue weighted by molar-refractivity contribution is -0.125. The zero-order valence-electron chi connectivity index (χ0n) is 10.0. The molecular weight excluding hydrogens is 242 g/mol. The van der Waals surface area contributed by atoms with Crippen LogP contribution >= 0.6 is 0 Å². The van der Waals surface area contributed by atoms with Crippen LogP contribution in [-0.2, 0) is 20.0 Å². The SMILES string of the molecule is O=C(NCCCCO[SH](=O)=O)C1CCCCC1. The number of unbranched alkanes of at least 4 members (excludes halogenated alkanes) is 1. The van der Waals surface area contributed by atoms with E-state index in [9.17, 15) is 13.2 Å². The van der Waals surface area contributed by atoms with Gasteiger partial charge in [-0.2, -0.15) is 0 Å². The van der Waals surface area contributed by atoms with E-state index in [-0.39, 0.29) is 18.4 Å². The van der Waals surface area contributed by atoms with Crippen molar-refractivity contribution in [2.45, 2.75) is 44.9 Å². The summed E-state index contributed by atoms with van der Waals surface area (Å²) in [4.78, 5) is 11.7. The summed E-state index contributed by atoms with van der Waals surface area (Å²) in [6.07, 6.45) is 6.96. The lowest BCUT2D eigenvalue weighted by Crippen LogP contribution is -2.32. The molecule has 0 aliphatic heterocycles. The van der Waals surface area contributed by atoms with E-state index in [1.54, 1.807) is 0 Å².